The Morgan fingerprint density at radius 1 is 1.70 bits per heavy atom. The van der Waals surface area contributed by atoms with E-state index in [2.05, 4.69) is 0 Å². The van der Waals surface area contributed by atoms with Gasteiger partial charge in [0.15, 0.2) is 0 Å². The van der Waals surface area contributed by atoms with Crippen LogP contribution < -0.4 is 0 Å². The largest absolute Gasteiger partial charge is 0.259 e. The number of hydrogen-bond donors (Lipinski definition) is 0. The van der Waals surface area contributed by atoms with Gasteiger partial charge in [-0.15, -0.1) is 0 Å². The maximum atomic E-state index is 12.3. The molecule has 0 heterocycles. The number of halogens is 1. The molecule has 10 heavy (non-hydrogen) atoms. The van der Waals surface area contributed by atoms with Crippen molar-refractivity contribution in [3.8, 4) is 0 Å². The molecule has 0 spiro atoms. The summed E-state index contributed by atoms with van der Waals surface area (Å²) in [5.41, 5.74) is -0.167. The number of nitro groups is 1. The van der Waals surface area contributed by atoms with Gasteiger partial charge in [0, 0.05) is 6.08 Å². The minimum absolute atomic E-state index is 0.167. The Morgan fingerprint density at radius 3 is 2.80 bits per heavy atom. The second-order valence-electron chi connectivity index (χ2n) is 1.86. The molecule has 0 saturated carbocycles. The molecule has 1 aliphatic rings. The van der Waals surface area contributed by atoms with Crippen molar-refractivity contribution in [2.75, 3.05) is 0 Å². The molecule has 53 valence electrons. The van der Waals surface area contributed by atoms with E-state index < -0.39 is 10.8 Å². The lowest BCUT2D eigenvalue weighted by atomic mass is 10.1. The van der Waals surface area contributed by atoms with E-state index in [9.17, 15) is 14.5 Å². The molecule has 0 fully saturated rings. The lowest BCUT2D eigenvalue weighted by Crippen LogP contribution is -2.01. The molecule has 0 atom stereocenters. The van der Waals surface area contributed by atoms with Crippen molar-refractivity contribution in [3.63, 3.8) is 0 Å². The Balaban J connectivity index is 2.78. The Kier molecular flexibility index (Phi) is 1.80. The van der Waals surface area contributed by atoms with Crippen LogP contribution in [0.4, 0.5) is 4.39 Å². The van der Waals surface area contributed by atoms with Crippen LogP contribution in [0.25, 0.3) is 0 Å². The number of hydrogen-bond acceptors (Lipinski definition) is 2. The molecule has 1 radical (unpaired) electrons. The zero-order valence-electron chi connectivity index (χ0n) is 5.08. The molecule has 1 aliphatic carbocycles. The first-order valence-corrected chi connectivity index (χ1v) is 2.75. The quantitative estimate of drug-likeness (QED) is 0.412. The highest BCUT2D eigenvalue weighted by atomic mass is 19.1. The van der Waals surface area contributed by atoms with Gasteiger partial charge in [0.1, 0.15) is 5.83 Å². The van der Waals surface area contributed by atoms with Gasteiger partial charge in [0.05, 0.1) is 11.3 Å². The lowest BCUT2D eigenvalue weighted by molar-refractivity contribution is -0.422. The Hall–Kier alpha value is -1.19. The van der Waals surface area contributed by atoms with E-state index in [-0.39, 0.29) is 5.70 Å². The monoisotopic (exact) mass is 142 g/mol. The summed E-state index contributed by atoms with van der Waals surface area (Å²) in [6.07, 6.45) is 3.86. The zero-order chi connectivity index (χ0) is 7.56. The third-order valence-electron chi connectivity index (χ3n) is 1.14. The highest BCUT2D eigenvalue weighted by Gasteiger charge is 2.14. The first kappa shape index (κ1) is 6.92. The molecule has 0 saturated heterocycles. The van der Waals surface area contributed by atoms with Gasteiger partial charge >= 0.3 is 0 Å². The standard InChI is InChI=1S/C6H5FNO2/c7-5-2-1-3-6(4-5)8(9)10/h2-4H,1H2. The van der Waals surface area contributed by atoms with Crippen molar-refractivity contribution in [1.29, 1.82) is 0 Å². The molecule has 0 amide bonds. The first-order valence-electron chi connectivity index (χ1n) is 2.75. The van der Waals surface area contributed by atoms with E-state index in [4.69, 9.17) is 0 Å². The molecular formula is C6H5FNO2. The summed E-state index contributed by atoms with van der Waals surface area (Å²) in [6.45, 7) is 0. The molecule has 0 unspecified atom stereocenters. The smallest absolute Gasteiger partial charge is 0.253 e. The first-order chi connectivity index (χ1) is 4.70. The van der Waals surface area contributed by atoms with Crippen LogP contribution in [0.2, 0.25) is 0 Å². The predicted molar refractivity (Wildman–Crippen MR) is 33.2 cm³/mol. The molecule has 0 aromatic carbocycles. The van der Waals surface area contributed by atoms with Crippen molar-refractivity contribution in [3.05, 3.63) is 40.2 Å². The van der Waals surface area contributed by atoms with E-state index >= 15 is 0 Å². The second kappa shape index (κ2) is 2.60. The highest BCUT2D eigenvalue weighted by molar-refractivity contribution is 5.25. The molecule has 0 aromatic rings. The van der Waals surface area contributed by atoms with Crippen molar-refractivity contribution in [2.24, 2.45) is 0 Å². The van der Waals surface area contributed by atoms with Crippen LogP contribution in [-0.2, 0) is 0 Å². The number of nitrogens with zero attached hydrogens (tertiary/aromatic N) is 1. The summed E-state index contributed by atoms with van der Waals surface area (Å²) in [7, 11) is 0. The molecule has 4 heteroatoms. The van der Waals surface area contributed by atoms with Gasteiger partial charge in [0.2, 0.25) is 0 Å². The Morgan fingerprint density at radius 2 is 2.40 bits per heavy atom. The summed E-state index contributed by atoms with van der Waals surface area (Å²) in [4.78, 5) is 9.41. The summed E-state index contributed by atoms with van der Waals surface area (Å²) in [6, 6.07) is 0. The van der Waals surface area contributed by atoms with E-state index in [1.807, 2.05) is 0 Å². The molecule has 0 aromatic heterocycles. The topological polar surface area (TPSA) is 43.1 Å². The molecule has 0 bridgehead atoms. The third kappa shape index (κ3) is 1.40. The maximum Gasteiger partial charge on any atom is 0.253 e. The normalized spacial score (nSPS) is 17.7. The van der Waals surface area contributed by atoms with Crippen molar-refractivity contribution < 1.29 is 9.31 Å². The fourth-order valence-corrected chi connectivity index (χ4v) is 0.679. The Labute approximate surface area is 57.0 Å². The van der Waals surface area contributed by atoms with E-state index in [0.717, 1.165) is 6.08 Å². The maximum absolute atomic E-state index is 12.3. The van der Waals surface area contributed by atoms with E-state index in [0.29, 0.717) is 6.42 Å². The molecular weight excluding hydrogens is 137 g/mol. The minimum Gasteiger partial charge on any atom is -0.259 e. The molecule has 3 nitrogen and oxygen atoms in total. The second-order valence-corrected chi connectivity index (χ2v) is 1.86. The third-order valence-corrected chi connectivity index (χ3v) is 1.14. The van der Waals surface area contributed by atoms with Crippen LogP contribution in [0.1, 0.15) is 6.42 Å². The summed E-state index contributed by atoms with van der Waals surface area (Å²) < 4.78 is 12.3. The predicted octanol–water partition coefficient (Wildman–Crippen LogP) is 1.61. The lowest BCUT2D eigenvalue weighted by Gasteiger charge is -1.99. The number of allylic oxidation sites excluding steroid dienone is 4. The van der Waals surface area contributed by atoms with E-state index in [1.165, 1.54) is 12.5 Å². The highest BCUT2D eigenvalue weighted by Crippen LogP contribution is 2.16. The van der Waals surface area contributed by atoms with Crippen LogP contribution in [0, 0.1) is 16.5 Å². The van der Waals surface area contributed by atoms with E-state index in [1.54, 1.807) is 0 Å². The average molecular weight is 142 g/mol. The zero-order valence-corrected chi connectivity index (χ0v) is 5.08. The number of rotatable bonds is 1. The van der Waals surface area contributed by atoms with Gasteiger partial charge in [-0.3, -0.25) is 10.1 Å². The molecule has 0 aliphatic heterocycles. The van der Waals surface area contributed by atoms with Crippen molar-refractivity contribution in [2.45, 2.75) is 6.42 Å². The van der Waals surface area contributed by atoms with Crippen molar-refractivity contribution >= 4 is 0 Å². The van der Waals surface area contributed by atoms with Gasteiger partial charge in [-0.1, -0.05) is 0 Å². The van der Waals surface area contributed by atoms with Gasteiger partial charge in [0.25, 0.3) is 5.70 Å². The van der Waals surface area contributed by atoms with Crippen LogP contribution in [-0.4, -0.2) is 4.92 Å². The van der Waals surface area contributed by atoms with Crippen LogP contribution in [0.15, 0.2) is 23.7 Å². The molecule has 1 rings (SSSR count). The van der Waals surface area contributed by atoms with Crippen LogP contribution >= 0.6 is 0 Å². The van der Waals surface area contributed by atoms with Gasteiger partial charge < -0.3 is 0 Å². The fraction of sp³-hybridized carbons (Fsp3) is 0.167. The molecule has 0 N–H and O–H groups in total. The minimum atomic E-state index is -0.605. The van der Waals surface area contributed by atoms with Crippen LogP contribution in [0.3, 0.4) is 0 Å². The summed E-state index contributed by atoms with van der Waals surface area (Å²) in [5, 5.41) is 10.0. The van der Waals surface area contributed by atoms with Gasteiger partial charge in [-0.2, -0.15) is 0 Å². The Bertz CT molecular complexity index is 220. The SMILES string of the molecule is O=[N+]([O-])C1=CC(F)=CC[CH]1. The van der Waals surface area contributed by atoms with Crippen LogP contribution in [0.5, 0.6) is 0 Å². The summed E-state index contributed by atoms with van der Waals surface area (Å²) in [5.74, 6) is -0.533. The average Bonchev–Trinajstić information content (AvgIpc) is 1.88. The fourth-order valence-electron chi connectivity index (χ4n) is 0.679. The van der Waals surface area contributed by atoms with Gasteiger partial charge in [-0.25, -0.2) is 4.39 Å². The van der Waals surface area contributed by atoms with Crippen molar-refractivity contribution in [1.82, 2.24) is 0 Å². The summed E-state index contributed by atoms with van der Waals surface area (Å²) >= 11 is 0. The van der Waals surface area contributed by atoms with Gasteiger partial charge in [-0.05, 0) is 12.5 Å².